The SMILES string of the molecule is CC(=O)N[C@@H]1c2ccccc2C[C@H]1NC(=O)c1cc2cc(Cl)sc2[nH]1. The number of nitrogens with one attached hydrogen (secondary N) is 3. The van der Waals surface area contributed by atoms with Gasteiger partial charge in [0.15, 0.2) is 0 Å². The number of thiophene rings is 1. The minimum Gasteiger partial charge on any atom is -0.347 e. The first-order chi connectivity index (χ1) is 12.0. The molecule has 2 aromatic heterocycles. The van der Waals surface area contributed by atoms with Gasteiger partial charge >= 0.3 is 0 Å². The monoisotopic (exact) mass is 373 g/mol. The Bertz CT molecular complexity index is 946. The van der Waals surface area contributed by atoms with Gasteiger partial charge in [0.25, 0.3) is 5.91 Å². The summed E-state index contributed by atoms with van der Waals surface area (Å²) < 4.78 is 0.685. The Morgan fingerprint density at radius 2 is 2.04 bits per heavy atom. The zero-order valence-electron chi connectivity index (χ0n) is 13.4. The summed E-state index contributed by atoms with van der Waals surface area (Å²) in [6.07, 6.45) is 0.688. The molecular formula is C18H16ClN3O2S. The minimum absolute atomic E-state index is 0.115. The van der Waals surface area contributed by atoms with E-state index in [0.29, 0.717) is 16.5 Å². The molecule has 3 N–H and O–H groups in total. The zero-order chi connectivity index (χ0) is 17.6. The maximum Gasteiger partial charge on any atom is 0.268 e. The number of hydrogen-bond donors (Lipinski definition) is 3. The number of halogens is 1. The van der Waals surface area contributed by atoms with Crippen LogP contribution >= 0.6 is 22.9 Å². The van der Waals surface area contributed by atoms with Crippen molar-refractivity contribution in [3.05, 3.63) is 57.6 Å². The standard InChI is InChI=1S/C18H16ClN3O2S/c1-9(23)20-16-12-5-3-2-4-10(12)6-13(16)21-17(24)14-7-11-8-15(19)25-18(11)22-14/h2-5,7-8,13,16,22H,6H2,1H3,(H,20,23)(H,21,24)/t13-,16-/m1/s1. The van der Waals surface area contributed by atoms with Crippen LogP contribution in [0.15, 0.2) is 36.4 Å². The van der Waals surface area contributed by atoms with E-state index >= 15 is 0 Å². The first kappa shape index (κ1) is 16.2. The van der Waals surface area contributed by atoms with Crippen molar-refractivity contribution in [2.75, 3.05) is 0 Å². The van der Waals surface area contributed by atoms with E-state index in [1.165, 1.54) is 18.3 Å². The fourth-order valence-corrected chi connectivity index (χ4v) is 4.51. The van der Waals surface area contributed by atoms with Gasteiger partial charge in [-0.3, -0.25) is 9.59 Å². The lowest BCUT2D eigenvalue weighted by atomic mass is 10.1. The average molecular weight is 374 g/mol. The lowest BCUT2D eigenvalue weighted by molar-refractivity contribution is -0.119. The largest absolute Gasteiger partial charge is 0.347 e. The average Bonchev–Trinajstić information content (AvgIpc) is 3.19. The smallest absolute Gasteiger partial charge is 0.268 e. The van der Waals surface area contributed by atoms with E-state index in [2.05, 4.69) is 15.6 Å². The molecule has 0 saturated heterocycles. The molecule has 2 amide bonds. The summed E-state index contributed by atoms with van der Waals surface area (Å²) in [5.74, 6) is -0.302. The third kappa shape index (κ3) is 3.03. The lowest BCUT2D eigenvalue weighted by Crippen LogP contribution is -2.44. The maximum atomic E-state index is 12.7. The minimum atomic E-state index is -0.219. The van der Waals surface area contributed by atoms with Crippen molar-refractivity contribution in [3.8, 4) is 0 Å². The molecule has 1 aliphatic carbocycles. The van der Waals surface area contributed by atoms with Crippen molar-refractivity contribution in [1.82, 2.24) is 15.6 Å². The van der Waals surface area contributed by atoms with E-state index in [4.69, 9.17) is 11.6 Å². The molecule has 3 aromatic rings. The summed E-state index contributed by atoms with van der Waals surface area (Å²) in [5.41, 5.74) is 2.70. The predicted molar refractivity (Wildman–Crippen MR) is 99.1 cm³/mol. The molecule has 0 fully saturated rings. The Labute approximate surface area is 153 Å². The second-order valence-corrected chi connectivity index (χ2v) is 7.86. The van der Waals surface area contributed by atoms with Crippen LogP contribution in [0.4, 0.5) is 0 Å². The first-order valence-electron chi connectivity index (χ1n) is 7.95. The second kappa shape index (κ2) is 6.20. The third-order valence-electron chi connectivity index (χ3n) is 4.43. The molecule has 5 nitrogen and oxygen atoms in total. The van der Waals surface area contributed by atoms with E-state index in [1.807, 2.05) is 30.3 Å². The number of fused-ring (bicyclic) bond motifs is 2. The van der Waals surface area contributed by atoms with Gasteiger partial charge in [-0.05, 0) is 29.7 Å². The number of H-pyrrole nitrogens is 1. The summed E-state index contributed by atoms with van der Waals surface area (Å²) >= 11 is 7.38. The summed E-state index contributed by atoms with van der Waals surface area (Å²) in [4.78, 5) is 28.2. The molecule has 4 rings (SSSR count). The van der Waals surface area contributed by atoms with Crippen LogP contribution in [0.2, 0.25) is 4.34 Å². The molecule has 0 unspecified atom stereocenters. The highest BCUT2D eigenvalue weighted by atomic mass is 35.5. The van der Waals surface area contributed by atoms with Gasteiger partial charge in [0.05, 0.1) is 16.4 Å². The fraction of sp³-hybridized carbons (Fsp3) is 0.222. The predicted octanol–water partition coefficient (Wildman–Crippen LogP) is 3.41. The molecule has 0 bridgehead atoms. The molecule has 0 radical (unpaired) electrons. The summed E-state index contributed by atoms with van der Waals surface area (Å²) in [6.45, 7) is 1.49. The van der Waals surface area contributed by atoms with Crippen molar-refractivity contribution < 1.29 is 9.59 Å². The number of amides is 2. The Kier molecular flexibility index (Phi) is 4.01. The van der Waals surface area contributed by atoms with Crippen molar-refractivity contribution in [1.29, 1.82) is 0 Å². The molecule has 2 atom stereocenters. The number of carbonyl (C=O) groups excluding carboxylic acids is 2. The van der Waals surface area contributed by atoms with Gasteiger partial charge in [-0.25, -0.2) is 0 Å². The van der Waals surface area contributed by atoms with Crippen molar-refractivity contribution in [3.63, 3.8) is 0 Å². The van der Waals surface area contributed by atoms with Gasteiger partial charge in [-0.15, -0.1) is 11.3 Å². The number of aromatic nitrogens is 1. The summed E-state index contributed by atoms with van der Waals surface area (Å²) in [5, 5.41) is 6.93. The van der Waals surface area contributed by atoms with Crippen LogP contribution in [0.1, 0.15) is 34.6 Å². The van der Waals surface area contributed by atoms with Gasteiger partial charge in [0.1, 0.15) is 10.5 Å². The van der Waals surface area contributed by atoms with Crippen LogP contribution in [0.25, 0.3) is 10.2 Å². The van der Waals surface area contributed by atoms with E-state index in [9.17, 15) is 9.59 Å². The van der Waals surface area contributed by atoms with Gasteiger partial charge in [-0.1, -0.05) is 35.9 Å². The van der Waals surface area contributed by atoms with Gasteiger partial charge < -0.3 is 15.6 Å². The van der Waals surface area contributed by atoms with Crippen LogP contribution in [-0.2, 0) is 11.2 Å². The number of benzene rings is 1. The first-order valence-corrected chi connectivity index (χ1v) is 9.14. The molecule has 128 valence electrons. The Morgan fingerprint density at radius 1 is 1.24 bits per heavy atom. The van der Waals surface area contributed by atoms with Crippen LogP contribution in [0, 0.1) is 0 Å². The highest BCUT2D eigenvalue weighted by molar-refractivity contribution is 7.22. The van der Waals surface area contributed by atoms with Crippen molar-refractivity contribution in [2.24, 2.45) is 0 Å². The molecule has 25 heavy (non-hydrogen) atoms. The van der Waals surface area contributed by atoms with E-state index < -0.39 is 0 Å². The van der Waals surface area contributed by atoms with Crippen LogP contribution in [0.3, 0.4) is 0 Å². The van der Waals surface area contributed by atoms with Crippen LogP contribution < -0.4 is 10.6 Å². The molecule has 7 heteroatoms. The quantitative estimate of drug-likeness (QED) is 0.658. The summed E-state index contributed by atoms with van der Waals surface area (Å²) in [7, 11) is 0. The van der Waals surface area contributed by atoms with Crippen LogP contribution in [-0.4, -0.2) is 22.8 Å². The molecule has 0 saturated carbocycles. The summed E-state index contributed by atoms with van der Waals surface area (Å²) in [6, 6.07) is 11.2. The van der Waals surface area contributed by atoms with Gasteiger partial charge in [-0.2, -0.15) is 0 Å². The van der Waals surface area contributed by atoms with Gasteiger partial charge in [0.2, 0.25) is 5.91 Å². The Balaban J connectivity index is 1.57. The normalized spacial score (nSPS) is 19.0. The molecule has 0 aliphatic heterocycles. The maximum absolute atomic E-state index is 12.7. The van der Waals surface area contributed by atoms with Crippen molar-refractivity contribution >= 4 is 45.0 Å². The second-order valence-electron chi connectivity index (χ2n) is 6.18. The molecule has 1 aliphatic rings. The molecule has 1 aromatic carbocycles. The van der Waals surface area contributed by atoms with E-state index in [0.717, 1.165) is 21.3 Å². The Morgan fingerprint density at radius 3 is 2.80 bits per heavy atom. The number of carbonyl (C=O) groups is 2. The Hall–Kier alpha value is -2.31. The molecular weight excluding hydrogens is 358 g/mol. The number of aromatic amines is 1. The highest BCUT2D eigenvalue weighted by Gasteiger charge is 2.34. The highest BCUT2D eigenvalue weighted by Crippen LogP contribution is 2.32. The van der Waals surface area contributed by atoms with Crippen molar-refractivity contribution in [2.45, 2.75) is 25.4 Å². The van der Waals surface area contributed by atoms with Crippen LogP contribution in [0.5, 0.6) is 0 Å². The lowest BCUT2D eigenvalue weighted by Gasteiger charge is -2.22. The number of hydrogen-bond acceptors (Lipinski definition) is 3. The third-order valence-corrected chi connectivity index (χ3v) is 5.63. The van der Waals surface area contributed by atoms with E-state index in [-0.39, 0.29) is 23.9 Å². The number of rotatable bonds is 3. The zero-order valence-corrected chi connectivity index (χ0v) is 15.0. The molecule has 2 heterocycles. The van der Waals surface area contributed by atoms with E-state index in [1.54, 1.807) is 6.07 Å². The fourth-order valence-electron chi connectivity index (χ4n) is 3.39. The topological polar surface area (TPSA) is 74.0 Å². The molecule has 0 spiro atoms. The van der Waals surface area contributed by atoms with Gasteiger partial charge in [0, 0.05) is 12.3 Å².